The van der Waals surface area contributed by atoms with Crippen molar-refractivity contribution in [2.75, 3.05) is 0 Å². The van der Waals surface area contributed by atoms with Crippen LogP contribution in [0, 0.1) is 0 Å². The molecule has 1 aromatic rings. The predicted molar refractivity (Wildman–Crippen MR) is 49.5 cm³/mol. The summed E-state index contributed by atoms with van der Waals surface area (Å²) in [7, 11) is 0. The van der Waals surface area contributed by atoms with Gasteiger partial charge in [0.05, 0.1) is 12.0 Å². The van der Waals surface area contributed by atoms with Gasteiger partial charge in [0, 0.05) is 5.41 Å². The molecule has 0 bridgehead atoms. The molecule has 1 rings (SSSR count). The number of benzene rings is 1. The molecule has 0 N–H and O–H groups in total. The van der Waals surface area contributed by atoms with Crippen LogP contribution in [-0.4, -0.2) is 0 Å². The summed E-state index contributed by atoms with van der Waals surface area (Å²) in [5.41, 5.74) is 0. The van der Waals surface area contributed by atoms with E-state index in [-0.39, 0.29) is 0 Å². The van der Waals surface area contributed by atoms with E-state index in [4.69, 9.17) is 4.18 Å². The van der Waals surface area contributed by atoms with Crippen LogP contribution in [0.2, 0.25) is 0 Å². The summed E-state index contributed by atoms with van der Waals surface area (Å²) in [5.74, 6) is 0.885. The van der Waals surface area contributed by atoms with Gasteiger partial charge in [0.15, 0.2) is 0 Å². The fourth-order valence-electron chi connectivity index (χ4n) is 0.615. The Morgan fingerprint density at radius 3 is 2.64 bits per heavy atom. The molecular formula is C9H10OS. The first-order valence-electron chi connectivity index (χ1n) is 3.43. The molecule has 0 aliphatic carbocycles. The highest BCUT2D eigenvalue weighted by atomic mass is 32.2. The monoisotopic (exact) mass is 166 g/mol. The van der Waals surface area contributed by atoms with E-state index in [1.165, 1.54) is 12.0 Å². The lowest BCUT2D eigenvalue weighted by Crippen LogP contribution is -1.75. The van der Waals surface area contributed by atoms with Crippen molar-refractivity contribution in [2.45, 2.75) is 6.92 Å². The number of hydrogen-bond donors (Lipinski definition) is 0. The van der Waals surface area contributed by atoms with Crippen LogP contribution in [0.4, 0.5) is 0 Å². The molecule has 1 aromatic carbocycles. The average Bonchev–Trinajstić information content (AvgIpc) is 2.07. The van der Waals surface area contributed by atoms with Gasteiger partial charge in [0.2, 0.25) is 0 Å². The van der Waals surface area contributed by atoms with Crippen LogP contribution in [0.15, 0.2) is 41.8 Å². The SMILES string of the molecule is C/C=C/SOc1ccccc1. The van der Waals surface area contributed by atoms with Gasteiger partial charge in [-0.3, -0.25) is 0 Å². The largest absolute Gasteiger partial charge is 0.421 e. The third-order valence-electron chi connectivity index (χ3n) is 1.08. The van der Waals surface area contributed by atoms with Gasteiger partial charge in [0.1, 0.15) is 5.75 Å². The minimum Gasteiger partial charge on any atom is -0.421 e. The lowest BCUT2D eigenvalue weighted by Gasteiger charge is -1.97. The Hall–Kier alpha value is -0.890. The molecule has 0 saturated heterocycles. The Morgan fingerprint density at radius 1 is 1.27 bits per heavy atom. The topological polar surface area (TPSA) is 9.23 Å². The summed E-state index contributed by atoms with van der Waals surface area (Å²) in [4.78, 5) is 0. The molecule has 2 heteroatoms. The molecule has 0 spiro atoms. The maximum atomic E-state index is 5.28. The van der Waals surface area contributed by atoms with Crippen molar-refractivity contribution in [1.29, 1.82) is 0 Å². The van der Waals surface area contributed by atoms with Crippen molar-refractivity contribution in [1.82, 2.24) is 0 Å². The quantitative estimate of drug-likeness (QED) is 0.637. The molecule has 0 amide bonds. The highest BCUT2D eigenvalue weighted by Gasteiger charge is 1.87. The van der Waals surface area contributed by atoms with E-state index in [1.807, 2.05) is 48.7 Å². The highest BCUT2D eigenvalue weighted by Crippen LogP contribution is 2.15. The normalized spacial score (nSPS) is 10.3. The minimum atomic E-state index is 0.885. The summed E-state index contributed by atoms with van der Waals surface area (Å²) in [6.07, 6.45) is 1.94. The Kier molecular flexibility index (Phi) is 3.62. The van der Waals surface area contributed by atoms with Gasteiger partial charge in [-0.25, -0.2) is 0 Å². The van der Waals surface area contributed by atoms with Crippen LogP contribution in [0.25, 0.3) is 0 Å². The number of hydrogen-bond acceptors (Lipinski definition) is 2. The second-order valence-electron chi connectivity index (χ2n) is 1.96. The molecule has 0 fully saturated rings. The molecule has 0 unspecified atom stereocenters. The first kappa shape index (κ1) is 8.21. The Morgan fingerprint density at radius 2 is 2.00 bits per heavy atom. The molecule has 11 heavy (non-hydrogen) atoms. The maximum absolute atomic E-state index is 5.28. The van der Waals surface area contributed by atoms with Crippen LogP contribution >= 0.6 is 12.0 Å². The lowest BCUT2D eigenvalue weighted by atomic mass is 10.3. The third-order valence-corrected chi connectivity index (χ3v) is 1.75. The molecule has 1 nitrogen and oxygen atoms in total. The smallest absolute Gasteiger partial charge is 0.137 e. The summed E-state index contributed by atoms with van der Waals surface area (Å²) in [5, 5.41) is 1.90. The summed E-state index contributed by atoms with van der Waals surface area (Å²) in [6.45, 7) is 1.96. The second-order valence-corrected chi connectivity index (χ2v) is 2.59. The molecule has 0 atom stereocenters. The van der Waals surface area contributed by atoms with Gasteiger partial charge in [-0.05, 0) is 19.1 Å². The molecule has 0 radical (unpaired) electrons. The highest BCUT2D eigenvalue weighted by molar-refractivity contribution is 7.97. The fraction of sp³-hybridized carbons (Fsp3) is 0.111. The zero-order chi connectivity index (χ0) is 7.94. The van der Waals surface area contributed by atoms with E-state index >= 15 is 0 Å². The van der Waals surface area contributed by atoms with Crippen molar-refractivity contribution in [3.63, 3.8) is 0 Å². The van der Waals surface area contributed by atoms with Gasteiger partial charge >= 0.3 is 0 Å². The van der Waals surface area contributed by atoms with Gasteiger partial charge in [-0.2, -0.15) is 0 Å². The van der Waals surface area contributed by atoms with Crippen molar-refractivity contribution in [3.8, 4) is 5.75 Å². The lowest BCUT2D eigenvalue weighted by molar-refractivity contribution is 0.652. The van der Waals surface area contributed by atoms with Crippen molar-refractivity contribution >= 4 is 12.0 Å². The van der Waals surface area contributed by atoms with Crippen LogP contribution in [0.5, 0.6) is 5.75 Å². The Balaban J connectivity index is 2.39. The van der Waals surface area contributed by atoms with Gasteiger partial charge in [-0.1, -0.05) is 24.3 Å². The van der Waals surface area contributed by atoms with E-state index in [2.05, 4.69) is 0 Å². The molecule has 0 aliphatic rings. The van der Waals surface area contributed by atoms with Gasteiger partial charge in [0.25, 0.3) is 0 Å². The molecule has 0 aliphatic heterocycles. The van der Waals surface area contributed by atoms with Crippen LogP contribution in [-0.2, 0) is 0 Å². The maximum Gasteiger partial charge on any atom is 0.137 e. The van der Waals surface area contributed by atoms with E-state index in [0.29, 0.717) is 0 Å². The van der Waals surface area contributed by atoms with E-state index < -0.39 is 0 Å². The predicted octanol–water partition coefficient (Wildman–Crippen LogP) is 3.25. The van der Waals surface area contributed by atoms with Crippen molar-refractivity contribution in [3.05, 3.63) is 41.8 Å². The van der Waals surface area contributed by atoms with E-state index in [1.54, 1.807) is 0 Å². The number of allylic oxidation sites excluding steroid dienone is 1. The zero-order valence-electron chi connectivity index (χ0n) is 6.36. The minimum absolute atomic E-state index is 0.885. The summed E-state index contributed by atoms with van der Waals surface area (Å²) in [6, 6.07) is 9.72. The van der Waals surface area contributed by atoms with Crippen LogP contribution in [0.1, 0.15) is 6.92 Å². The molecule has 0 saturated carbocycles. The van der Waals surface area contributed by atoms with Crippen LogP contribution in [0.3, 0.4) is 0 Å². The van der Waals surface area contributed by atoms with E-state index in [0.717, 1.165) is 5.75 Å². The second kappa shape index (κ2) is 4.85. The number of para-hydroxylation sites is 1. The van der Waals surface area contributed by atoms with Crippen LogP contribution < -0.4 is 4.18 Å². The van der Waals surface area contributed by atoms with Gasteiger partial charge < -0.3 is 4.18 Å². The molecule has 58 valence electrons. The Bertz CT molecular complexity index is 218. The average molecular weight is 166 g/mol. The molecular weight excluding hydrogens is 156 g/mol. The standard InChI is InChI=1S/C9H10OS/c1-2-8-11-10-9-6-4-3-5-7-9/h2-8H,1H3/b8-2+. The van der Waals surface area contributed by atoms with Crippen molar-refractivity contribution in [2.24, 2.45) is 0 Å². The van der Waals surface area contributed by atoms with Crippen molar-refractivity contribution < 1.29 is 4.18 Å². The first-order valence-corrected chi connectivity index (χ1v) is 4.23. The molecule has 0 aromatic heterocycles. The number of rotatable bonds is 3. The Labute approximate surface area is 71.3 Å². The fourth-order valence-corrected chi connectivity index (χ4v) is 1.00. The first-order chi connectivity index (χ1) is 5.43. The van der Waals surface area contributed by atoms with Gasteiger partial charge in [-0.15, -0.1) is 0 Å². The summed E-state index contributed by atoms with van der Waals surface area (Å²) >= 11 is 1.33. The molecule has 0 heterocycles. The third kappa shape index (κ3) is 3.14. The van der Waals surface area contributed by atoms with E-state index in [9.17, 15) is 0 Å². The zero-order valence-corrected chi connectivity index (χ0v) is 7.17. The summed E-state index contributed by atoms with van der Waals surface area (Å²) < 4.78 is 5.28.